The molecule has 0 unspecified atom stereocenters. The molecule has 0 aliphatic carbocycles. The molecule has 2 aromatic heterocycles. The van der Waals surface area contributed by atoms with Crippen molar-refractivity contribution in [3.05, 3.63) is 47.8 Å². The Balaban J connectivity index is 1.73. The minimum absolute atomic E-state index is 0.0540. The first kappa shape index (κ1) is 15.7. The number of aryl methyl sites for hydroxylation is 1. The summed E-state index contributed by atoms with van der Waals surface area (Å²) in [6.07, 6.45) is 1.91. The first-order chi connectivity index (χ1) is 11.6. The molecular formula is C17H17N5O2. The Morgan fingerprint density at radius 1 is 1.12 bits per heavy atom. The molecule has 0 saturated heterocycles. The van der Waals surface area contributed by atoms with Crippen molar-refractivity contribution in [1.29, 1.82) is 0 Å². The van der Waals surface area contributed by atoms with Gasteiger partial charge in [0, 0.05) is 35.1 Å². The SMILES string of the molecule is CCC(=O)Nc1ccc(NC(=O)c2cnc3n[nH]c(C)c3c2)cc1. The van der Waals surface area contributed by atoms with Crippen LogP contribution in [-0.4, -0.2) is 27.0 Å². The quantitative estimate of drug-likeness (QED) is 0.687. The van der Waals surface area contributed by atoms with E-state index in [0.717, 1.165) is 11.1 Å². The maximum Gasteiger partial charge on any atom is 0.257 e. The molecule has 122 valence electrons. The number of aromatic amines is 1. The Hall–Kier alpha value is -3.22. The van der Waals surface area contributed by atoms with Gasteiger partial charge in [-0.25, -0.2) is 4.98 Å². The van der Waals surface area contributed by atoms with Crippen LogP contribution in [0.4, 0.5) is 11.4 Å². The fourth-order valence-corrected chi connectivity index (χ4v) is 2.23. The second kappa shape index (κ2) is 6.49. The van der Waals surface area contributed by atoms with Crippen LogP contribution in [0, 0.1) is 6.92 Å². The molecule has 3 N–H and O–H groups in total. The number of carbonyl (C=O) groups excluding carboxylic acids is 2. The third-order valence-electron chi connectivity index (χ3n) is 3.61. The number of benzene rings is 1. The minimum Gasteiger partial charge on any atom is -0.326 e. The van der Waals surface area contributed by atoms with Crippen LogP contribution in [0.3, 0.4) is 0 Å². The number of H-pyrrole nitrogens is 1. The summed E-state index contributed by atoms with van der Waals surface area (Å²) in [7, 11) is 0. The number of pyridine rings is 1. The van der Waals surface area contributed by atoms with E-state index in [-0.39, 0.29) is 11.8 Å². The number of aromatic nitrogens is 3. The van der Waals surface area contributed by atoms with Crippen molar-refractivity contribution in [1.82, 2.24) is 15.2 Å². The van der Waals surface area contributed by atoms with Crippen molar-refractivity contribution in [2.75, 3.05) is 10.6 Å². The second-order valence-electron chi connectivity index (χ2n) is 5.38. The predicted octanol–water partition coefficient (Wildman–Crippen LogP) is 2.87. The molecule has 3 aromatic rings. The summed E-state index contributed by atoms with van der Waals surface area (Å²) in [5, 5.41) is 13.3. The molecule has 0 bridgehead atoms. The topological polar surface area (TPSA) is 99.8 Å². The third kappa shape index (κ3) is 3.24. The van der Waals surface area contributed by atoms with Gasteiger partial charge in [-0.3, -0.25) is 14.7 Å². The fourth-order valence-electron chi connectivity index (χ4n) is 2.23. The molecule has 3 rings (SSSR count). The zero-order valence-electron chi connectivity index (χ0n) is 13.4. The van der Waals surface area contributed by atoms with E-state index in [0.29, 0.717) is 29.0 Å². The van der Waals surface area contributed by atoms with Gasteiger partial charge >= 0.3 is 0 Å². The molecule has 2 heterocycles. The molecule has 0 spiro atoms. The van der Waals surface area contributed by atoms with E-state index in [9.17, 15) is 9.59 Å². The van der Waals surface area contributed by atoms with Crippen molar-refractivity contribution in [3.8, 4) is 0 Å². The number of fused-ring (bicyclic) bond motifs is 1. The van der Waals surface area contributed by atoms with Gasteiger partial charge in [0.05, 0.1) is 5.56 Å². The molecule has 0 saturated carbocycles. The lowest BCUT2D eigenvalue weighted by Gasteiger charge is -2.07. The zero-order valence-corrected chi connectivity index (χ0v) is 13.4. The van der Waals surface area contributed by atoms with Crippen LogP contribution in [0.15, 0.2) is 36.5 Å². The number of nitrogens with one attached hydrogen (secondary N) is 3. The predicted molar refractivity (Wildman–Crippen MR) is 91.9 cm³/mol. The average Bonchev–Trinajstić information content (AvgIpc) is 2.97. The first-order valence-electron chi connectivity index (χ1n) is 7.59. The highest BCUT2D eigenvalue weighted by molar-refractivity contribution is 6.05. The second-order valence-corrected chi connectivity index (χ2v) is 5.38. The lowest BCUT2D eigenvalue weighted by Crippen LogP contribution is -2.12. The summed E-state index contributed by atoms with van der Waals surface area (Å²) in [6, 6.07) is 8.71. The van der Waals surface area contributed by atoms with Crippen LogP contribution < -0.4 is 10.6 Å². The molecule has 0 fully saturated rings. The monoisotopic (exact) mass is 323 g/mol. The molecule has 7 heteroatoms. The largest absolute Gasteiger partial charge is 0.326 e. The summed E-state index contributed by atoms with van der Waals surface area (Å²) >= 11 is 0. The van der Waals surface area contributed by atoms with Crippen molar-refractivity contribution in [2.45, 2.75) is 20.3 Å². The number of anilines is 2. The van der Waals surface area contributed by atoms with Gasteiger partial charge in [-0.15, -0.1) is 0 Å². The van der Waals surface area contributed by atoms with Crippen LogP contribution in [-0.2, 0) is 4.79 Å². The number of hydrogen-bond donors (Lipinski definition) is 3. The fraction of sp³-hybridized carbons (Fsp3) is 0.176. The van der Waals surface area contributed by atoms with Gasteiger partial charge in [0.25, 0.3) is 5.91 Å². The standard InChI is InChI=1S/C17H17N5O2/c1-3-15(23)19-12-4-6-13(7-5-12)20-17(24)11-8-14-10(2)21-22-16(14)18-9-11/h4-9H,3H2,1-2H3,(H,19,23)(H,20,24)(H,18,21,22). The number of carbonyl (C=O) groups is 2. The Labute approximate surface area is 138 Å². The third-order valence-corrected chi connectivity index (χ3v) is 3.61. The summed E-state index contributed by atoms with van der Waals surface area (Å²) < 4.78 is 0. The van der Waals surface area contributed by atoms with Gasteiger partial charge < -0.3 is 10.6 Å². The summed E-state index contributed by atoms with van der Waals surface area (Å²) in [5.74, 6) is -0.308. The molecule has 0 radical (unpaired) electrons. The first-order valence-corrected chi connectivity index (χ1v) is 7.59. The Morgan fingerprint density at radius 3 is 2.46 bits per heavy atom. The smallest absolute Gasteiger partial charge is 0.257 e. The number of hydrogen-bond acceptors (Lipinski definition) is 4. The van der Waals surface area contributed by atoms with Crippen LogP contribution >= 0.6 is 0 Å². The maximum absolute atomic E-state index is 12.3. The zero-order chi connectivity index (χ0) is 17.1. The van der Waals surface area contributed by atoms with E-state index < -0.39 is 0 Å². The maximum atomic E-state index is 12.3. The lowest BCUT2D eigenvalue weighted by molar-refractivity contribution is -0.115. The molecule has 0 aliphatic heterocycles. The normalized spacial score (nSPS) is 10.6. The summed E-state index contributed by atoms with van der Waals surface area (Å²) in [4.78, 5) is 27.9. The Kier molecular flexibility index (Phi) is 4.24. The molecule has 7 nitrogen and oxygen atoms in total. The molecular weight excluding hydrogens is 306 g/mol. The van der Waals surface area contributed by atoms with Crippen LogP contribution in [0.25, 0.3) is 11.0 Å². The van der Waals surface area contributed by atoms with Gasteiger partial charge in [-0.05, 0) is 37.3 Å². The van der Waals surface area contributed by atoms with E-state index >= 15 is 0 Å². The molecule has 0 aliphatic rings. The van der Waals surface area contributed by atoms with Gasteiger partial charge in [-0.2, -0.15) is 5.10 Å². The van der Waals surface area contributed by atoms with Crippen LogP contribution in [0.2, 0.25) is 0 Å². The summed E-state index contributed by atoms with van der Waals surface area (Å²) in [5.41, 5.74) is 3.23. The van der Waals surface area contributed by atoms with E-state index in [1.807, 2.05) is 6.92 Å². The van der Waals surface area contributed by atoms with Crippen molar-refractivity contribution in [2.24, 2.45) is 0 Å². The van der Waals surface area contributed by atoms with Crippen LogP contribution in [0.5, 0.6) is 0 Å². The number of rotatable bonds is 4. The molecule has 1 aromatic carbocycles. The number of amides is 2. The molecule has 0 atom stereocenters. The van der Waals surface area contributed by atoms with Crippen LogP contribution in [0.1, 0.15) is 29.4 Å². The highest BCUT2D eigenvalue weighted by Crippen LogP contribution is 2.17. The van der Waals surface area contributed by atoms with Crippen molar-refractivity contribution < 1.29 is 9.59 Å². The highest BCUT2D eigenvalue weighted by Gasteiger charge is 2.10. The van der Waals surface area contributed by atoms with E-state index in [2.05, 4.69) is 25.8 Å². The highest BCUT2D eigenvalue weighted by atomic mass is 16.2. The van der Waals surface area contributed by atoms with Gasteiger partial charge in [0.2, 0.25) is 5.91 Å². The van der Waals surface area contributed by atoms with Crippen molar-refractivity contribution >= 4 is 34.2 Å². The van der Waals surface area contributed by atoms with Gasteiger partial charge in [0.1, 0.15) is 0 Å². The number of nitrogens with zero attached hydrogens (tertiary/aromatic N) is 2. The molecule has 2 amide bonds. The van der Waals surface area contributed by atoms with Crippen molar-refractivity contribution in [3.63, 3.8) is 0 Å². The Bertz CT molecular complexity index is 899. The van der Waals surface area contributed by atoms with E-state index in [1.54, 1.807) is 37.3 Å². The summed E-state index contributed by atoms with van der Waals surface area (Å²) in [6.45, 7) is 3.67. The Morgan fingerprint density at radius 2 is 1.79 bits per heavy atom. The average molecular weight is 323 g/mol. The molecule has 24 heavy (non-hydrogen) atoms. The van der Waals surface area contributed by atoms with E-state index in [4.69, 9.17) is 0 Å². The minimum atomic E-state index is -0.254. The lowest BCUT2D eigenvalue weighted by atomic mass is 10.2. The van der Waals surface area contributed by atoms with Gasteiger partial charge in [0.15, 0.2) is 5.65 Å². The van der Waals surface area contributed by atoms with Gasteiger partial charge in [-0.1, -0.05) is 6.92 Å². The van der Waals surface area contributed by atoms with E-state index in [1.165, 1.54) is 6.20 Å².